The highest BCUT2D eigenvalue weighted by molar-refractivity contribution is 7.91. The summed E-state index contributed by atoms with van der Waals surface area (Å²) >= 11 is 0. The van der Waals surface area contributed by atoms with Crippen molar-refractivity contribution in [3.05, 3.63) is 35.9 Å². The van der Waals surface area contributed by atoms with Crippen LogP contribution in [0.25, 0.3) is 0 Å². The van der Waals surface area contributed by atoms with Crippen molar-refractivity contribution in [3.8, 4) is 0 Å². The lowest BCUT2D eigenvalue weighted by molar-refractivity contribution is -0.144. The van der Waals surface area contributed by atoms with Crippen LogP contribution in [0, 0.1) is 5.41 Å². The summed E-state index contributed by atoms with van der Waals surface area (Å²) in [6, 6.07) is 9.64. The lowest BCUT2D eigenvalue weighted by atomic mass is 9.85. The maximum Gasteiger partial charge on any atom is 0.237 e. The van der Waals surface area contributed by atoms with E-state index >= 15 is 0 Å². The molecule has 3 aliphatic rings. The van der Waals surface area contributed by atoms with Gasteiger partial charge in [0, 0.05) is 19.0 Å². The Labute approximate surface area is 160 Å². The van der Waals surface area contributed by atoms with Gasteiger partial charge in [0.25, 0.3) is 0 Å². The molecule has 1 atom stereocenters. The van der Waals surface area contributed by atoms with Crippen LogP contribution < -0.4 is 0 Å². The molecule has 3 fully saturated rings. The third kappa shape index (κ3) is 3.67. The van der Waals surface area contributed by atoms with Gasteiger partial charge in [-0.15, -0.1) is 0 Å². The molecule has 1 aromatic carbocycles. The van der Waals surface area contributed by atoms with E-state index in [1.165, 1.54) is 4.90 Å². The first kappa shape index (κ1) is 18.6. The van der Waals surface area contributed by atoms with Gasteiger partial charge in [-0.1, -0.05) is 43.2 Å². The molecule has 1 saturated carbocycles. The molecule has 4 rings (SSSR count). The minimum Gasteiger partial charge on any atom is -0.277 e. The summed E-state index contributed by atoms with van der Waals surface area (Å²) in [5.41, 5.74) is 0.563. The second kappa shape index (κ2) is 7.02. The van der Waals surface area contributed by atoms with Gasteiger partial charge in [0.2, 0.25) is 11.8 Å². The molecule has 2 heterocycles. The van der Waals surface area contributed by atoms with Crippen LogP contribution in [0.2, 0.25) is 0 Å². The predicted octanol–water partition coefficient (Wildman–Crippen LogP) is 1.95. The second-order valence-electron chi connectivity index (χ2n) is 8.22. The van der Waals surface area contributed by atoms with Crippen molar-refractivity contribution in [1.29, 1.82) is 0 Å². The van der Waals surface area contributed by atoms with E-state index < -0.39 is 15.3 Å². The molecule has 146 valence electrons. The number of likely N-dealkylation sites (tertiary alicyclic amines) is 1. The lowest BCUT2D eigenvalue weighted by Gasteiger charge is -2.32. The molecule has 0 bridgehead atoms. The lowest BCUT2D eigenvalue weighted by Crippen LogP contribution is -2.47. The van der Waals surface area contributed by atoms with Crippen molar-refractivity contribution in [3.63, 3.8) is 0 Å². The standard InChI is InChI=1S/C20H26N2O4S/c23-18-12-20(9-4-5-10-20)19(24)22(18)15-21(13-16-6-2-1-3-7-16)17-8-11-27(25,26)14-17/h1-3,6-7,17H,4-5,8-15H2/t17-/m1/s1. The summed E-state index contributed by atoms with van der Waals surface area (Å²) in [6.45, 7) is 0.722. The number of nitrogens with zero attached hydrogens (tertiary/aromatic N) is 2. The van der Waals surface area contributed by atoms with Gasteiger partial charge in [-0.3, -0.25) is 19.4 Å². The summed E-state index contributed by atoms with van der Waals surface area (Å²) in [6.07, 6.45) is 4.46. The van der Waals surface area contributed by atoms with Gasteiger partial charge in [-0.25, -0.2) is 8.42 Å². The molecule has 1 aliphatic carbocycles. The minimum absolute atomic E-state index is 0.0519. The van der Waals surface area contributed by atoms with Crippen molar-refractivity contribution < 1.29 is 18.0 Å². The van der Waals surface area contributed by atoms with E-state index in [0.29, 0.717) is 19.4 Å². The smallest absolute Gasteiger partial charge is 0.237 e. The van der Waals surface area contributed by atoms with Crippen LogP contribution in [0.1, 0.15) is 44.1 Å². The number of carbonyl (C=O) groups is 2. The molecule has 0 radical (unpaired) electrons. The summed E-state index contributed by atoms with van der Waals surface area (Å²) in [5, 5.41) is 0. The normalized spacial score (nSPS) is 26.6. The Morgan fingerprint density at radius 3 is 2.44 bits per heavy atom. The van der Waals surface area contributed by atoms with E-state index in [2.05, 4.69) is 0 Å². The molecule has 27 heavy (non-hydrogen) atoms. The van der Waals surface area contributed by atoms with E-state index in [4.69, 9.17) is 0 Å². The van der Waals surface area contributed by atoms with Gasteiger partial charge in [0.05, 0.1) is 23.6 Å². The largest absolute Gasteiger partial charge is 0.277 e. The highest BCUT2D eigenvalue weighted by Gasteiger charge is 2.53. The zero-order valence-electron chi connectivity index (χ0n) is 15.5. The number of benzene rings is 1. The van der Waals surface area contributed by atoms with Gasteiger partial charge in [-0.05, 0) is 24.8 Å². The fourth-order valence-electron chi connectivity index (χ4n) is 4.80. The zero-order valence-corrected chi connectivity index (χ0v) is 16.3. The van der Waals surface area contributed by atoms with Crippen molar-refractivity contribution >= 4 is 21.7 Å². The molecular weight excluding hydrogens is 364 g/mol. The SMILES string of the molecule is O=C1CC2(CCCC2)C(=O)N1CN(Cc1ccccc1)[C@@H]1CCS(=O)(=O)C1. The maximum absolute atomic E-state index is 13.0. The van der Waals surface area contributed by atoms with Gasteiger partial charge in [-0.2, -0.15) is 0 Å². The Hall–Kier alpha value is -1.73. The summed E-state index contributed by atoms with van der Waals surface area (Å²) in [5.74, 6) is 0.112. The van der Waals surface area contributed by atoms with E-state index in [0.717, 1.165) is 31.2 Å². The molecule has 1 aromatic rings. The first-order valence-corrected chi connectivity index (χ1v) is 11.5. The monoisotopic (exact) mass is 390 g/mol. The molecule has 2 aliphatic heterocycles. The number of hydrogen-bond acceptors (Lipinski definition) is 5. The van der Waals surface area contributed by atoms with Crippen molar-refractivity contribution in [1.82, 2.24) is 9.80 Å². The Balaban J connectivity index is 1.55. The Morgan fingerprint density at radius 2 is 1.81 bits per heavy atom. The van der Waals surface area contributed by atoms with Crippen LogP contribution in [0.3, 0.4) is 0 Å². The van der Waals surface area contributed by atoms with Gasteiger partial charge in [0.1, 0.15) is 0 Å². The second-order valence-corrected chi connectivity index (χ2v) is 10.5. The summed E-state index contributed by atoms with van der Waals surface area (Å²) in [4.78, 5) is 29.1. The predicted molar refractivity (Wildman–Crippen MR) is 101 cm³/mol. The highest BCUT2D eigenvalue weighted by Crippen LogP contribution is 2.47. The van der Waals surface area contributed by atoms with Crippen molar-refractivity contribution in [2.45, 2.75) is 51.1 Å². The zero-order chi connectivity index (χ0) is 19.1. The summed E-state index contributed by atoms with van der Waals surface area (Å²) < 4.78 is 24.0. The van der Waals surface area contributed by atoms with E-state index in [-0.39, 0.29) is 36.0 Å². The number of sulfone groups is 1. The van der Waals surface area contributed by atoms with Crippen LogP contribution in [0.15, 0.2) is 30.3 Å². The minimum atomic E-state index is -3.05. The number of rotatable bonds is 5. The number of carbonyl (C=O) groups excluding carboxylic acids is 2. The van der Waals surface area contributed by atoms with Gasteiger partial charge < -0.3 is 0 Å². The molecule has 1 spiro atoms. The maximum atomic E-state index is 13.0. The Morgan fingerprint density at radius 1 is 1.11 bits per heavy atom. The fraction of sp³-hybridized carbons (Fsp3) is 0.600. The Kier molecular flexibility index (Phi) is 4.84. The quantitative estimate of drug-likeness (QED) is 0.719. The highest BCUT2D eigenvalue weighted by atomic mass is 32.2. The van der Waals surface area contributed by atoms with Crippen LogP contribution >= 0.6 is 0 Å². The molecule has 7 heteroatoms. The molecule has 0 unspecified atom stereocenters. The number of hydrogen-bond donors (Lipinski definition) is 0. The van der Waals surface area contributed by atoms with Crippen LogP contribution in [-0.2, 0) is 26.0 Å². The van der Waals surface area contributed by atoms with Gasteiger partial charge >= 0.3 is 0 Å². The van der Waals surface area contributed by atoms with Crippen LogP contribution in [-0.4, -0.2) is 54.2 Å². The van der Waals surface area contributed by atoms with Crippen molar-refractivity contribution in [2.24, 2.45) is 5.41 Å². The average molecular weight is 391 g/mol. The van der Waals surface area contributed by atoms with E-state index in [1.807, 2.05) is 35.2 Å². The van der Waals surface area contributed by atoms with Crippen molar-refractivity contribution in [2.75, 3.05) is 18.2 Å². The fourth-order valence-corrected chi connectivity index (χ4v) is 6.56. The third-order valence-corrected chi connectivity index (χ3v) is 8.08. The molecular formula is C20H26N2O4S. The van der Waals surface area contributed by atoms with Gasteiger partial charge in [0.15, 0.2) is 9.84 Å². The molecule has 0 aromatic heterocycles. The number of amides is 2. The third-order valence-electron chi connectivity index (χ3n) is 6.33. The topological polar surface area (TPSA) is 74.8 Å². The molecule has 2 saturated heterocycles. The average Bonchev–Trinajstić information content (AvgIpc) is 3.30. The van der Waals surface area contributed by atoms with E-state index in [9.17, 15) is 18.0 Å². The number of imide groups is 1. The molecule has 2 amide bonds. The van der Waals surface area contributed by atoms with Crippen LogP contribution in [0.4, 0.5) is 0 Å². The first-order chi connectivity index (χ1) is 12.9. The Bertz CT molecular complexity index is 831. The van der Waals surface area contributed by atoms with Crippen LogP contribution in [0.5, 0.6) is 0 Å². The summed E-state index contributed by atoms with van der Waals surface area (Å²) in [7, 11) is -3.05. The molecule has 6 nitrogen and oxygen atoms in total. The van der Waals surface area contributed by atoms with E-state index in [1.54, 1.807) is 0 Å². The first-order valence-electron chi connectivity index (χ1n) is 9.72. The molecule has 0 N–H and O–H groups in total.